The second kappa shape index (κ2) is 32.4. The van der Waals surface area contributed by atoms with E-state index in [9.17, 15) is 48.6 Å². The maximum absolute atomic E-state index is 15.5. The van der Waals surface area contributed by atoms with E-state index < -0.39 is 127 Å². The molecular weight excluding hydrogens is 1300 g/mol. The molecule has 9 atom stereocenters. The van der Waals surface area contributed by atoms with Crippen LogP contribution in [0.1, 0.15) is 59.3 Å². The van der Waals surface area contributed by atoms with Crippen LogP contribution in [-0.4, -0.2) is 184 Å². The van der Waals surface area contributed by atoms with Gasteiger partial charge in [0, 0.05) is 98.1 Å². The number of rotatable bonds is 31. The van der Waals surface area contributed by atoms with Gasteiger partial charge >= 0.3 is 0 Å². The highest BCUT2D eigenvalue weighted by Gasteiger charge is 2.41. The number of nitrogens with two attached hydrogens (primary N) is 1. The summed E-state index contributed by atoms with van der Waals surface area (Å²) in [4.78, 5) is 178. The minimum absolute atomic E-state index is 0.0609. The molecule has 30 heteroatoms. The number of aromatic nitrogens is 6. The van der Waals surface area contributed by atoms with Gasteiger partial charge in [-0.15, -0.1) is 0 Å². The third-order valence-electron chi connectivity index (χ3n) is 17.9. The molecular formula is C71H77N17O13. The molecule has 30 nitrogen and oxygen atoms in total. The largest absolute Gasteiger partial charge is 0.508 e. The third kappa shape index (κ3) is 17.9. The number of amides is 11. The van der Waals surface area contributed by atoms with Crippen molar-refractivity contribution in [3.8, 4) is 5.75 Å². The lowest BCUT2D eigenvalue weighted by atomic mass is 9.99. The first kappa shape index (κ1) is 70.1. The molecule has 0 aliphatic carbocycles. The van der Waals surface area contributed by atoms with Gasteiger partial charge in [-0.2, -0.15) is 0 Å². The van der Waals surface area contributed by atoms with Crippen molar-refractivity contribution in [2.75, 3.05) is 19.7 Å². The SMILES string of the molecule is NC(=O)CNC(=O)[C@@H]1CCCN1C(=O)[C@H](Cc1ccc(O)cc1)NC(=O)[C@H](Cc1c[nH]c2ccccc12)NC(=O)[C@@H](Cc1ccc2ccccc2c1)NC(=O)[C@H](Cc1c[nH]cn1)NC(=O)[C@H](CO)NC(=O)[C@H](Cc1c[nH]c2ccccc12)NC(=O)[C@H](Cc1c[nH]cn1)NC(=O)[C@@H]1CCC(=O)N1. The fraction of sp³-hybridized carbons (Fsp3) is 0.310. The highest BCUT2D eigenvalue weighted by molar-refractivity contribution is 6.00. The van der Waals surface area contributed by atoms with Crippen molar-refractivity contribution in [3.05, 3.63) is 186 Å². The standard InChI is InChI=1S/C71H77N17O13/c72-61(91)35-77-70(100)60-14-7-23-88(60)71(101)58(25-39-16-19-47(90)20-17-39)86-65(95)54(27-43-31-75-50-12-5-3-10-48(43)50)82-64(94)53(26-40-15-18-41-8-1-2-9-42(41)24-40)81-67(97)57(30-46-34-74-38-79-46)85-69(99)59(36-89)87-66(96)55(28-44-32-76-51-13-6-4-11-49(44)51)83-68(98)56(29-45-33-73-37-78-45)84-63(93)52-21-22-62(92)80-52/h1-6,8-13,15-20,24,31-34,37-38,52-60,75-76,89-90H,7,14,21-23,25-30,35-36H2,(H2,72,91)(H,73,78)(H,74,79)(H,77,100)(H,80,92)(H,81,97)(H,82,94)(H,83,98)(H,84,93)(H,85,99)(H,86,95)(H,87,96)/t52-,53+,54-,55-,56-,57-,58-,59-,60-/m0/s1. The van der Waals surface area contributed by atoms with Crippen LogP contribution in [0.5, 0.6) is 5.75 Å². The number of fused-ring (bicyclic) bond motifs is 3. The van der Waals surface area contributed by atoms with E-state index in [4.69, 9.17) is 5.73 Å². The fourth-order valence-corrected chi connectivity index (χ4v) is 12.7. The van der Waals surface area contributed by atoms with Crippen molar-refractivity contribution in [3.63, 3.8) is 0 Å². The molecule has 2 fully saturated rings. The van der Waals surface area contributed by atoms with Crippen LogP contribution in [0.3, 0.4) is 0 Å². The second-order valence-corrected chi connectivity index (χ2v) is 25.1. The molecule has 0 radical (unpaired) electrons. The Balaban J connectivity index is 0.872. The monoisotopic (exact) mass is 1380 g/mol. The number of phenols is 1. The maximum Gasteiger partial charge on any atom is 0.246 e. The highest BCUT2D eigenvalue weighted by atomic mass is 16.3. The lowest BCUT2D eigenvalue weighted by molar-refractivity contribution is -0.142. The quantitative estimate of drug-likeness (QED) is 0.0271. The van der Waals surface area contributed by atoms with Gasteiger partial charge in [0.25, 0.3) is 0 Å². The van der Waals surface area contributed by atoms with Gasteiger partial charge in [0.2, 0.25) is 65.0 Å². The summed E-state index contributed by atoms with van der Waals surface area (Å²) in [6.07, 6.45) is 8.80. The normalized spacial score (nSPS) is 16.4. The first-order valence-corrected chi connectivity index (χ1v) is 33.0. The van der Waals surface area contributed by atoms with Gasteiger partial charge in [-0.05, 0) is 76.6 Å². The Hall–Kier alpha value is -12.2. The number of imidazole rings is 2. The molecule has 6 heterocycles. The molecule has 11 amide bonds. The van der Waals surface area contributed by atoms with E-state index in [1.54, 1.807) is 54.9 Å². The molecule has 101 heavy (non-hydrogen) atoms. The number of H-pyrrole nitrogens is 4. The summed E-state index contributed by atoms with van der Waals surface area (Å²) in [5.41, 5.74) is 9.60. The molecule has 17 N–H and O–H groups in total. The van der Waals surface area contributed by atoms with E-state index in [-0.39, 0.29) is 81.7 Å². The summed E-state index contributed by atoms with van der Waals surface area (Å²) in [6, 6.07) is 20.7. The van der Waals surface area contributed by atoms with Gasteiger partial charge < -0.3 is 88.6 Å². The van der Waals surface area contributed by atoms with Gasteiger partial charge in [-0.3, -0.25) is 52.7 Å². The van der Waals surface area contributed by atoms with Gasteiger partial charge in [0.1, 0.15) is 60.1 Å². The Bertz CT molecular complexity index is 4500. The van der Waals surface area contributed by atoms with Crippen LogP contribution in [0, 0.1) is 0 Å². The molecule has 2 aliphatic rings. The first-order valence-electron chi connectivity index (χ1n) is 33.0. The molecule has 0 unspecified atom stereocenters. The number of hydrogen-bond donors (Lipinski definition) is 16. The van der Waals surface area contributed by atoms with Crippen LogP contribution < -0.4 is 53.6 Å². The number of aliphatic hydroxyl groups is 1. The van der Waals surface area contributed by atoms with E-state index in [0.29, 0.717) is 56.2 Å². The molecule has 2 saturated heterocycles. The van der Waals surface area contributed by atoms with Crippen molar-refractivity contribution in [1.82, 2.24) is 82.7 Å². The number of primary amides is 1. The summed E-state index contributed by atoms with van der Waals surface area (Å²) in [5, 5.41) is 48.5. The van der Waals surface area contributed by atoms with Crippen molar-refractivity contribution in [2.45, 2.75) is 119 Å². The zero-order valence-corrected chi connectivity index (χ0v) is 54.6. The average molecular weight is 1380 g/mol. The Labute approximate surface area is 576 Å². The van der Waals surface area contributed by atoms with E-state index in [1.807, 2.05) is 60.7 Å². The number of benzene rings is 5. The van der Waals surface area contributed by atoms with E-state index >= 15 is 14.4 Å². The Kier molecular flexibility index (Phi) is 22.5. The smallest absolute Gasteiger partial charge is 0.246 e. The van der Waals surface area contributed by atoms with Crippen molar-refractivity contribution in [2.24, 2.45) is 5.73 Å². The molecule has 0 bridgehead atoms. The minimum atomic E-state index is -1.80. The number of aromatic amines is 4. The van der Waals surface area contributed by atoms with Gasteiger partial charge in [-0.1, -0.05) is 91.0 Å². The first-order chi connectivity index (χ1) is 48.8. The van der Waals surface area contributed by atoms with Crippen LogP contribution in [0.15, 0.2) is 153 Å². The minimum Gasteiger partial charge on any atom is -0.508 e. The van der Waals surface area contributed by atoms with E-state index in [1.165, 1.54) is 42.1 Å². The number of phenolic OH excluding ortho intramolecular Hbond substituents is 1. The number of likely N-dealkylation sites (tertiary alicyclic amines) is 1. The molecule has 2 aliphatic heterocycles. The van der Waals surface area contributed by atoms with Crippen LogP contribution >= 0.6 is 0 Å². The van der Waals surface area contributed by atoms with Gasteiger partial charge in [-0.25, -0.2) is 9.97 Å². The van der Waals surface area contributed by atoms with E-state index in [0.717, 1.165) is 10.8 Å². The predicted octanol–water partition coefficient (Wildman–Crippen LogP) is -0.0328. The second-order valence-electron chi connectivity index (χ2n) is 25.1. The number of aromatic hydroxyl groups is 1. The number of nitrogens with zero attached hydrogens (tertiary/aromatic N) is 3. The number of para-hydroxylation sites is 2. The number of carbonyl (C=O) groups excluding carboxylic acids is 11. The summed E-state index contributed by atoms with van der Waals surface area (Å²) in [7, 11) is 0. The van der Waals surface area contributed by atoms with Crippen molar-refractivity contribution >= 4 is 97.6 Å². The Morgan fingerprint density at radius 3 is 1.54 bits per heavy atom. The molecule has 0 spiro atoms. The van der Waals surface area contributed by atoms with Crippen molar-refractivity contribution in [1.29, 1.82) is 0 Å². The van der Waals surface area contributed by atoms with Gasteiger partial charge in [0.05, 0.1) is 37.2 Å². The van der Waals surface area contributed by atoms with Crippen LogP contribution in [0.25, 0.3) is 32.6 Å². The molecule has 4 aromatic heterocycles. The van der Waals surface area contributed by atoms with Crippen molar-refractivity contribution < 1.29 is 63.0 Å². The predicted molar refractivity (Wildman–Crippen MR) is 367 cm³/mol. The number of carbonyl (C=O) groups is 11. The molecule has 5 aromatic carbocycles. The van der Waals surface area contributed by atoms with Crippen LogP contribution in [-0.2, 0) is 91.3 Å². The molecule has 524 valence electrons. The summed E-state index contributed by atoms with van der Waals surface area (Å²) < 4.78 is 0. The zero-order chi connectivity index (χ0) is 71.1. The molecule has 9 aromatic rings. The Morgan fingerprint density at radius 1 is 0.525 bits per heavy atom. The topological polar surface area (TPSA) is 455 Å². The summed E-state index contributed by atoms with van der Waals surface area (Å²) in [6.45, 7) is -1.39. The number of nitrogens with one attached hydrogen (secondary N) is 13. The third-order valence-corrected chi connectivity index (χ3v) is 17.9. The van der Waals surface area contributed by atoms with Gasteiger partial charge in [0.15, 0.2) is 0 Å². The number of hydrogen-bond acceptors (Lipinski definition) is 15. The number of aliphatic hydroxyl groups excluding tert-OH is 1. The molecule has 11 rings (SSSR count). The van der Waals surface area contributed by atoms with Crippen LogP contribution in [0.4, 0.5) is 0 Å². The molecule has 0 saturated carbocycles. The van der Waals surface area contributed by atoms with E-state index in [2.05, 4.69) is 77.8 Å². The lowest BCUT2D eigenvalue weighted by Crippen LogP contribution is -2.62. The Morgan fingerprint density at radius 2 is 1.01 bits per heavy atom. The maximum atomic E-state index is 15.5. The fourth-order valence-electron chi connectivity index (χ4n) is 12.7. The average Bonchev–Trinajstić information content (AvgIpc) is 1.78. The highest BCUT2D eigenvalue weighted by Crippen LogP contribution is 2.25. The van der Waals surface area contributed by atoms with Crippen LogP contribution in [0.2, 0.25) is 0 Å². The lowest BCUT2D eigenvalue weighted by Gasteiger charge is -2.30. The zero-order valence-electron chi connectivity index (χ0n) is 54.6. The summed E-state index contributed by atoms with van der Waals surface area (Å²) in [5.74, 6) is -8.67. The summed E-state index contributed by atoms with van der Waals surface area (Å²) >= 11 is 0.